The van der Waals surface area contributed by atoms with Gasteiger partial charge in [0, 0.05) is 10.6 Å². The van der Waals surface area contributed by atoms with Gasteiger partial charge in [-0.15, -0.1) is 11.3 Å². The Kier molecular flexibility index (Phi) is 4.39. The van der Waals surface area contributed by atoms with E-state index in [-0.39, 0.29) is 10.9 Å². The molecule has 1 atom stereocenters. The fourth-order valence-corrected chi connectivity index (χ4v) is 4.10. The Morgan fingerprint density at radius 2 is 2.00 bits per heavy atom. The second-order valence-electron chi connectivity index (χ2n) is 4.50. The molecule has 0 saturated heterocycles. The largest absolute Gasteiger partial charge is 0.398 e. The zero-order chi connectivity index (χ0) is 14.9. The molecular formula is C13H15ClN2O2S2. The van der Waals surface area contributed by atoms with E-state index in [2.05, 4.69) is 4.72 Å². The maximum atomic E-state index is 12.3. The molecule has 1 aromatic carbocycles. The van der Waals surface area contributed by atoms with Gasteiger partial charge < -0.3 is 5.73 Å². The first-order valence-corrected chi connectivity index (χ1v) is 8.61. The van der Waals surface area contributed by atoms with Gasteiger partial charge >= 0.3 is 0 Å². The molecule has 1 heterocycles. The molecule has 20 heavy (non-hydrogen) atoms. The van der Waals surface area contributed by atoms with Gasteiger partial charge in [-0.1, -0.05) is 17.7 Å². The van der Waals surface area contributed by atoms with Gasteiger partial charge in [-0.2, -0.15) is 0 Å². The molecule has 0 spiro atoms. The Morgan fingerprint density at radius 1 is 1.30 bits per heavy atom. The molecule has 7 heteroatoms. The summed E-state index contributed by atoms with van der Waals surface area (Å²) < 4.78 is 27.8. The highest BCUT2D eigenvalue weighted by molar-refractivity contribution is 7.89. The lowest BCUT2D eigenvalue weighted by Gasteiger charge is -2.13. The van der Waals surface area contributed by atoms with Gasteiger partial charge in [0.25, 0.3) is 0 Å². The lowest BCUT2D eigenvalue weighted by molar-refractivity contribution is 0.568. The number of anilines is 1. The molecule has 4 nitrogen and oxygen atoms in total. The van der Waals surface area contributed by atoms with Crippen molar-refractivity contribution in [1.29, 1.82) is 0 Å². The summed E-state index contributed by atoms with van der Waals surface area (Å²) >= 11 is 7.21. The molecule has 1 aromatic heterocycles. The number of nitrogens with one attached hydrogen (secondary N) is 1. The number of hydrogen-bond donors (Lipinski definition) is 2. The molecule has 3 N–H and O–H groups in total. The van der Waals surface area contributed by atoms with Crippen LogP contribution in [0.3, 0.4) is 0 Å². The van der Waals surface area contributed by atoms with Crippen LogP contribution in [-0.2, 0) is 10.0 Å². The first kappa shape index (κ1) is 15.3. The summed E-state index contributed by atoms with van der Waals surface area (Å²) in [6.45, 7) is 3.60. The quantitative estimate of drug-likeness (QED) is 0.844. The number of halogens is 1. The number of aryl methyl sites for hydroxylation is 1. The van der Waals surface area contributed by atoms with Crippen LogP contribution in [0, 0.1) is 6.92 Å². The van der Waals surface area contributed by atoms with Crippen LogP contribution in [0.2, 0.25) is 4.34 Å². The highest BCUT2D eigenvalue weighted by atomic mass is 35.5. The van der Waals surface area contributed by atoms with E-state index in [0.717, 1.165) is 10.4 Å². The minimum atomic E-state index is -3.60. The lowest BCUT2D eigenvalue weighted by atomic mass is 10.2. The first-order chi connectivity index (χ1) is 9.29. The number of benzene rings is 1. The van der Waals surface area contributed by atoms with E-state index in [4.69, 9.17) is 17.3 Å². The minimum Gasteiger partial charge on any atom is -0.398 e. The first-order valence-electron chi connectivity index (χ1n) is 5.93. The highest BCUT2D eigenvalue weighted by Gasteiger charge is 2.19. The summed E-state index contributed by atoms with van der Waals surface area (Å²) in [6, 6.07) is 7.91. The fraction of sp³-hybridized carbons (Fsp3) is 0.231. The van der Waals surface area contributed by atoms with Crippen molar-refractivity contribution in [2.24, 2.45) is 0 Å². The molecule has 0 saturated carbocycles. The summed E-state index contributed by atoms with van der Waals surface area (Å²) in [5.74, 6) is 0. The second kappa shape index (κ2) is 5.73. The summed E-state index contributed by atoms with van der Waals surface area (Å²) in [7, 11) is -3.60. The van der Waals surface area contributed by atoms with Gasteiger partial charge in [0.05, 0.1) is 15.3 Å². The predicted molar refractivity (Wildman–Crippen MR) is 83.7 cm³/mol. The predicted octanol–water partition coefficient (Wildman–Crippen LogP) is 3.33. The van der Waals surface area contributed by atoms with Gasteiger partial charge in [0.2, 0.25) is 10.0 Å². The average molecular weight is 331 g/mol. The van der Waals surface area contributed by atoms with Crippen molar-refractivity contribution in [3.05, 3.63) is 45.1 Å². The van der Waals surface area contributed by atoms with Gasteiger partial charge in [-0.3, -0.25) is 0 Å². The van der Waals surface area contributed by atoms with Crippen molar-refractivity contribution >= 4 is 38.6 Å². The number of hydrogen-bond acceptors (Lipinski definition) is 4. The fourth-order valence-electron chi connectivity index (χ4n) is 1.71. The van der Waals surface area contributed by atoms with Crippen LogP contribution in [0.15, 0.2) is 35.2 Å². The third-order valence-electron chi connectivity index (χ3n) is 2.91. The van der Waals surface area contributed by atoms with Crippen molar-refractivity contribution < 1.29 is 8.42 Å². The van der Waals surface area contributed by atoms with Crippen LogP contribution < -0.4 is 10.5 Å². The van der Waals surface area contributed by atoms with Gasteiger partial charge in [0.1, 0.15) is 0 Å². The van der Waals surface area contributed by atoms with Gasteiger partial charge in [0.15, 0.2) is 0 Å². The van der Waals surface area contributed by atoms with E-state index in [1.165, 1.54) is 17.4 Å². The average Bonchev–Trinajstić information content (AvgIpc) is 2.79. The van der Waals surface area contributed by atoms with Crippen LogP contribution in [0.25, 0.3) is 0 Å². The standard InChI is InChI=1S/C13H15ClN2O2S2/c1-8-3-4-10(7-11(8)15)20(17,18)16-9(2)12-5-6-13(14)19-12/h3-7,9,16H,15H2,1-2H3. The maximum Gasteiger partial charge on any atom is 0.241 e. The van der Waals surface area contributed by atoms with Crippen molar-refractivity contribution in [2.45, 2.75) is 24.8 Å². The normalized spacial score (nSPS) is 13.3. The molecule has 0 amide bonds. The molecule has 0 bridgehead atoms. The second-order valence-corrected chi connectivity index (χ2v) is 7.96. The van der Waals surface area contributed by atoms with E-state index in [1.54, 1.807) is 25.1 Å². The SMILES string of the molecule is Cc1ccc(S(=O)(=O)NC(C)c2ccc(Cl)s2)cc1N. The molecule has 0 aliphatic heterocycles. The van der Waals surface area contributed by atoms with E-state index in [9.17, 15) is 8.42 Å². The van der Waals surface area contributed by atoms with E-state index < -0.39 is 10.0 Å². The molecule has 2 rings (SSSR count). The molecular weight excluding hydrogens is 316 g/mol. The summed E-state index contributed by atoms with van der Waals surface area (Å²) in [4.78, 5) is 1.02. The summed E-state index contributed by atoms with van der Waals surface area (Å²) in [5, 5.41) is 0. The van der Waals surface area contributed by atoms with Crippen LogP contribution in [-0.4, -0.2) is 8.42 Å². The summed E-state index contributed by atoms with van der Waals surface area (Å²) in [5.41, 5.74) is 7.06. The Bertz CT molecular complexity index is 726. The molecule has 0 radical (unpaired) electrons. The topological polar surface area (TPSA) is 72.2 Å². The smallest absolute Gasteiger partial charge is 0.241 e. The Labute approximate surface area is 127 Å². The number of sulfonamides is 1. The number of thiophene rings is 1. The number of nitrogen functional groups attached to an aromatic ring is 1. The van der Waals surface area contributed by atoms with Crippen molar-refractivity contribution in [3.63, 3.8) is 0 Å². The molecule has 2 aromatic rings. The van der Waals surface area contributed by atoms with E-state index in [1.807, 2.05) is 13.0 Å². The van der Waals surface area contributed by atoms with Crippen molar-refractivity contribution in [3.8, 4) is 0 Å². The van der Waals surface area contributed by atoms with E-state index in [0.29, 0.717) is 10.0 Å². The monoisotopic (exact) mass is 330 g/mol. The van der Waals surface area contributed by atoms with E-state index >= 15 is 0 Å². The zero-order valence-corrected chi connectivity index (χ0v) is 13.4. The van der Waals surface area contributed by atoms with Gasteiger partial charge in [-0.05, 0) is 43.7 Å². The Morgan fingerprint density at radius 3 is 2.55 bits per heavy atom. The Balaban J connectivity index is 2.24. The minimum absolute atomic E-state index is 0.162. The third kappa shape index (κ3) is 3.32. The Hall–Kier alpha value is -1.08. The molecule has 0 fully saturated rings. The van der Waals surface area contributed by atoms with Crippen LogP contribution >= 0.6 is 22.9 Å². The maximum absolute atomic E-state index is 12.3. The zero-order valence-electron chi connectivity index (χ0n) is 11.1. The van der Waals surface area contributed by atoms with Crippen LogP contribution in [0.4, 0.5) is 5.69 Å². The van der Waals surface area contributed by atoms with Crippen molar-refractivity contribution in [1.82, 2.24) is 4.72 Å². The van der Waals surface area contributed by atoms with Crippen LogP contribution in [0.5, 0.6) is 0 Å². The number of nitrogens with two attached hydrogens (primary N) is 1. The van der Waals surface area contributed by atoms with Gasteiger partial charge in [-0.25, -0.2) is 13.1 Å². The van der Waals surface area contributed by atoms with Crippen molar-refractivity contribution in [2.75, 3.05) is 5.73 Å². The lowest BCUT2D eigenvalue weighted by Crippen LogP contribution is -2.26. The molecule has 1 unspecified atom stereocenters. The number of rotatable bonds is 4. The molecule has 0 aliphatic carbocycles. The summed E-state index contributed by atoms with van der Waals surface area (Å²) in [6.07, 6.45) is 0. The third-order valence-corrected chi connectivity index (χ3v) is 5.87. The molecule has 0 aliphatic rings. The van der Waals surface area contributed by atoms with Crippen LogP contribution in [0.1, 0.15) is 23.4 Å². The highest BCUT2D eigenvalue weighted by Crippen LogP contribution is 2.28. The molecule has 108 valence electrons.